The summed E-state index contributed by atoms with van der Waals surface area (Å²) in [5.41, 5.74) is 10.5. The van der Waals surface area contributed by atoms with E-state index >= 15 is 0 Å². The van der Waals surface area contributed by atoms with Crippen LogP contribution in [0.5, 0.6) is 5.75 Å². The van der Waals surface area contributed by atoms with Gasteiger partial charge in [-0.25, -0.2) is 4.68 Å². The van der Waals surface area contributed by atoms with Crippen molar-refractivity contribution < 1.29 is 9.53 Å². The fraction of sp³-hybridized carbons (Fsp3) is 0.188. The number of rotatable bonds is 6. The summed E-state index contributed by atoms with van der Waals surface area (Å²) in [6, 6.07) is 9.25. The Morgan fingerprint density at radius 2 is 2.24 bits per heavy atom. The summed E-state index contributed by atoms with van der Waals surface area (Å²) in [5, 5.41) is 6.97. The Kier molecular flexibility index (Phi) is 4.86. The van der Waals surface area contributed by atoms with Crippen LogP contribution in [-0.2, 0) is 6.54 Å². The number of Topliss-reactive ketones (excluding diaryl/α,β-unsaturated/α-hetero) is 1. The van der Waals surface area contributed by atoms with Crippen molar-refractivity contribution >= 4 is 40.3 Å². The molecular weight excluding hydrogens is 358 g/mol. The van der Waals surface area contributed by atoms with Crippen molar-refractivity contribution in [1.29, 1.82) is 0 Å². The van der Waals surface area contributed by atoms with Gasteiger partial charge in [0.05, 0.1) is 12.7 Å². The van der Waals surface area contributed by atoms with E-state index in [1.807, 2.05) is 30.5 Å². The molecule has 0 amide bonds. The Hall–Kier alpha value is -2.65. The molecule has 2 aromatic heterocycles. The third kappa shape index (κ3) is 3.57. The molecule has 0 fully saturated rings. The van der Waals surface area contributed by atoms with Gasteiger partial charge in [-0.15, -0.1) is 16.4 Å². The minimum atomic E-state index is -0.155. The summed E-state index contributed by atoms with van der Waals surface area (Å²) in [6.45, 7) is 1.89. The third-order valence-corrected chi connectivity index (χ3v) is 4.72. The summed E-state index contributed by atoms with van der Waals surface area (Å²) >= 11 is 6.89. The Bertz CT molecular complexity index is 960. The fourth-order valence-corrected chi connectivity index (χ4v) is 3.20. The number of nitrogen functional groups attached to an aromatic ring is 1. The number of nitrogens with zero attached hydrogens (tertiary/aromatic N) is 3. The molecule has 0 radical (unpaired) electrons. The zero-order valence-corrected chi connectivity index (χ0v) is 15.4. The molecule has 7 nitrogen and oxygen atoms in total. The number of ether oxygens (including phenoxy) is 1. The van der Waals surface area contributed by atoms with Crippen molar-refractivity contribution in [2.24, 2.45) is 0 Å². The molecular formula is C16H17N5O2S2. The molecule has 2 heterocycles. The lowest BCUT2D eigenvalue weighted by Gasteiger charge is -2.08. The molecule has 0 atom stereocenters. The number of thiophene rings is 1. The summed E-state index contributed by atoms with van der Waals surface area (Å²) in [4.78, 5) is 12.7. The number of nitrogens with two attached hydrogens (primary N) is 1. The minimum absolute atomic E-state index is 0.0258. The molecule has 0 aliphatic heterocycles. The van der Waals surface area contributed by atoms with Crippen LogP contribution < -0.4 is 15.9 Å². The molecule has 0 unspecified atom stereocenters. The van der Waals surface area contributed by atoms with Crippen LogP contribution in [0.3, 0.4) is 0 Å². The van der Waals surface area contributed by atoms with Crippen LogP contribution in [0.2, 0.25) is 0 Å². The average Bonchev–Trinajstić information content (AvgIpc) is 3.19. The normalized spacial score (nSPS) is 10.6. The van der Waals surface area contributed by atoms with E-state index in [2.05, 4.69) is 10.5 Å². The van der Waals surface area contributed by atoms with Crippen molar-refractivity contribution in [2.45, 2.75) is 13.5 Å². The number of methoxy groups -OCH3 is 1. The molecule has 0 aliphatic carbocycles. The van der Waals surface area contributed by atoms with Gasteiger partial charge in [-0.2, -0.15) is 4.68 Å². The topological polar surface area (TPSA) is 87.1 Å². The van der Waals surface area contributed by atoms with Crippen molar-refractivity contribution in [2.75, 3.05) is 18.3 Å². The van der Waals surface area contributed by atoms with Crippen LogP contribution in [0.1, 0.15) is 15.9 Å². The van der Waals surface area contributed by atoms with Gasteiger partial charge in [0.2, 0.25) is 10.7 Å². The predicted molar refractivity (Wildman–Crippen MR) is 101 cm³/mol. The maximum atomic E-state index is 12.7. The number of nitrogens with one attached hydrogen (secondary N) is 1. The predicted octanol–water partition coefficient (Wildman–Crippen LogP) is 3.13. The molecule has 0 aliphatic rings. The van der Waals surface area contributed by atoms with Crippen LogP contribution >= 0.6 is 23.6 Å². The molecule has 9 heteroatoms. The van der Waals surface area contributed by atoms with E-state index in [-0.39, 0.29) is 18.3 Å². The Morgan fingerprint density at radius 1 is 1.44 bits per heavy atom. The Balaban J connectivity index is 1.88. The molecule has 3 aromatic rings. The number of aryl methyl sites for hydroxylation is 1. The molecule has 25 heavy (non-hydrogen) atoms. The van der Waals surface area contributed by atoms with Crippen LogP contribution in [0.25, 0.3) is 0 Å². The highest BCUT2D eigenvalue weighted by molar-refractivity contribution is 7.71. The van der Waals surface area contributed by atoms with Gasteiger partial charge in [-0.1, -0.05) is 11.6 Å². The number of anilines is 2. The van der Waals surface area contributed by atoms with Gasteiger partial charge in [-0.05, 0) is 48.8 Å². The summed E-state index contributed by atoms with van der Waals surface area (Å²) in [6.07, 6.45) is 0. The molecule has 1 aromatic carbocycles. The van der Waals surface area contributed by atoms with E-state index in [0.29, 0.717) is 16.1 Å². The van der Waals surface area contributed by atoms with Gasteiger partial charge in [0.25, 0.3) is 0 Å². The van der Waals surface area contributed by atoms with Gasteiger partial charge in [0.15, 0.2) is 5.78 Å². The second-order valence-corrected chi connectivity index (χ2v) is 6.66. The number of hydrogen-bond acceptors (Lipinski definition) is 7. The van der Waals surface area contributed by atoms with E-state index in [1.54, 1.807) is 12.1 Å². The van der Waals surface area contributed by atoms with E-state index in [0.717, 1.165) is 10.6 Å². The second-order valence-electron chi connectivity index (χ2n) is 5.35. The molecule has 3 N–H and O–H groups in total. The van der Waals surface area contributed by atoms with Crippen molar-refractivity contribution in [3.05, 3.63) is 51.6 Å². The molecule has 0 saturated carbocycles. The van der Waals surface area contributed by atoms with Crippen molar-refractivity contribution in [1.82, 2.24) is 14.5 Å². The quantitative estimate of drug-likeness (QED) is 0.508. The smallest absolute Gasteiger partial charge is 0.240 e. The first-order valence-electron chi connectivity index (χ1n) is 7.43. The van der Waals surface area contributed by atoms with Crippen molar-refractivity contribution in [3.8, 4) is 5.75 Å². The highest BCUT2D eigenvalue weighted by Crippen LogP contribution is 2.21. The SMILES string of the molecule is COc1ccc(C)cc1C(=O)Cn1nc(N)n(Nc2cccs2)c1=S. The van der Waals surface area contributed by atoms with E-state index in [9.17, 15) is 4.79 Å². The van der Waals surface area contributed by atoms with Crippen LogP contribution in [-0.4, -0.2) is 27.3 Å². The first-order valence-corrected chi connectivity index (χ1v) is 8.72. The second kappa shape index (κ2) is 7.08. The van der Waals surface area contributed by atoms with Gasteiger partial charge < -0.3 is 10.5 Å². The van der Waals surface area contributed by atoms with E-state index in [4.69, 9.17) is 22.7 Å². The molecule has 0 saturated heterocycles. The standard InChI is InChI=1S/C16H17N5O2S2/c1-10-5-6-13(23-2)11(8-10)12(22)9-20-16(24)21(15(17)19-20)18-14-4-3-7-25-14/h3-8,18H,9H2,1-2H3,(H2,17,19). The highest BCUT2D eigenvalue weighted by Gasteiger charge is 2.16. The van der Waals surface area contributed by atoms with Gasteiger partial charge >= 0.3 is 0 Å². The Morgan fingerprint density at radius 3 is 2.92 bits per heavy atom. The molecule has 0 spiro atoms. The first kappa shape index (κ1) is 17.2. The summed E-state index contributed by atoms with van der Waals surface area (Å²) in [7, 11) is 1.53. The Labute approximate surface area is 153 Å². The molecule has 0 bridgehead atoms. The zero-order chi connectivity index (χ0) is 18.0. The molecule has 130 valence electrons. The maximum Gasteiger partial charge on any atom is 0.240 e. The van der Waals surface area contributed by atoms with Crippen LogP contribution in [0.4, 0.5) is 10.9 Å². The van der Waals surface area contributed by atoms with E-state index in [1.165, 1.54) is 27.8 Å². The third-order valence-electron chi connectivity index (χ3n) is 3.56. The highest BCUT2D eigenvalue weighted by atomic mass is 32.1. The largest absolute Gasteiger partial charge is 0.496 e. The number of aromatic nitrogens is 3. The monoisotopic (exact) mass is 375 g/mol. The minimum Gasteiger partial charge on any atom is -0.496 e. The number of carbonyl (C=O) groups is 1. The van der Waals surface area contributed by atoms with Crippen LogP contribution in [0, 0.1) is 11.7 Å². The number of benzene rings is 1. The average molecular weight is 375 g/mol. The number of ketones is 1. The van der Waals surface area contributed by atoms with E-state index < -0.39 is 0 Å². The number of hydrogen-bond donors (Lipinski definition) is 2. The van der Waals surface area contributed by atoms with Crippen LogP contribution in [0.15, 0.2) is 35.7 Å². The van der Waals surface area contributed by atoms with Gasteiger partial charge in [0, 0.05) is 0 Å². The molecule has 3 rings (SSSR count). The maximum absolute atomic E-state index is 12.7. The summed E-state index contributed by atoms with van der Waals surface area (Å²) < 4.78 is 8.45. The summed E-state index contributed by atoms with van der Waals surface area (Å²) in [5.74, 6) is 0.547. The van der Waals surface area contributed by atoms with Crippen molar-refractivity contribution in [3.63, 3.8) is 0 Å². The first-order chi connectivity index (χ1) is 12.0. The lowest BCUT2D eigenvalue weighted by Crippen LogP contribution is -2.15. The van der Waals surface area contributed by atoms with Gasteiger partial charge in [0.1, 0.15) is 17.3 Å². The lowest BCUT2D eigenvalue weighted by atomic mass is 10.1. The lowest BCUT2D eigenvalue weighted by molar-refractivity contribution is 0.0964. The zero-order valence-electron chi connectivity index (χ0n) is 13.7. The van der Waals surface area contributed by atoms with Gasteiger partial charge in [-0.3, -0.25) is 10.2 Å². The fourth-order valence-electron chi connectivity index (χ4n) is 2.35. The number of carbonyl (C=O) groups excluding carboxylic acids is 1.